The second kappa shape index (κ2) is 7.28. The van der Waals surface area contributed by atoms with E-state index in [1.165, 1.54) is 5.56 Å². The first kappa shape index (κ1) is 19.1. The molecule has 0 unspecified atom stereocenters. The van der Waals surface area contributed by atoms with E-state index >= 15 is 0 Å². The number of anilines is 1. The predicted molar refractivity (Wildman–Crippen MR) is 113 cm³/mol. The normalized spacial score (nSPS) is 13.2. The molecule has 0 fully saturated rings. The van der Waals surface area contributed by atoms with E-state index in [0.717, 1.165) is 11.3 Å². The van der Waals surface area contributed by atoms with E-state index in [1.54, 1.807) is 36.0 Å². The summed E-state index contributed by atoms with van der Waals surface area (Å²) in [7, 11) is 1.77. The topological polar surface area (TPSA) is 65.4 Å². The largest absolute Gasteiger partial charge is 0.486 e. The molecule has 1 amide bonds. The van der Waals surface area contributed by atoms with Crippen LogP contribution in [0.3, 0.4) is 0 Å². The zero-order valence-corrected chi connectivity index (χ0v) is 17.2. The first-order valence-electron chi connectivity index (χ1n) is 9.67. The number of nitrogens with zero attached hydrogens (tertiary/aromatic N) is 2. The van der Waals surface area contributed by atoms with Crippen molar-refractivity contribution < 1.29 is 14.3 Å². The molecule has 1 aliphatic rings. The summed E-state index contributed by atoms with van der Waals surface area (Å²) >= 11 is 0. The summed E-state index contributed by atoms with van der Waals surface area (Å²) in [6, 6.07) is 15.5. The lowest BCUT2D eigenvalue weighted by atomic mass is 9.86. The molecule has 29 heavy (non-hydrogen) atoms. The van der Waals surface area contributed by atoms with Crippen LogP contribution in [0, 0.1) is 0 Å². The van der Waals surface area contributed by atoms with E-state index in [4.69, 9.17) is 9.47 Å². The van der Waals surface area contributed by atoms with Crippen LogP contribution in [0.4, 0.5) is 5.69 Å². The zero-order chi connectivity index (χ0) is 20.6. The van der Waals surface area contributed by atoms with Gasteiger partial charge in [0.05, 0.1) is 5.69 Å². The Balaban J connectivity index is 1.54. The summed E-state index contributed by atoms with van der Waals surface area (Å²) in [6.07, 6.45) is 0. The lowest BCUT2D eigenvalue weighted by molar-refractivity contribution is 0.101. The zero-order valence-electron chi connectivity index (χ0n) is 17.2. The standard InChI is InChI=1S/C23H25N3O3/c1-23(2,3)16-7-5-15(6-8-16)18-14-19(26(4)25-18)22(27)24-17-9-10-20-21(13-17)29-12-11-28-20/h5-10,13-14H,11-12H2,1-4H3,(H,24,27). The van der Waals surface area contributed by atoms with Gasteiger partial charge in [-0.15, -0.1) is 0 Å². The minimum atomic E-state index is -0.228. The Bertz CT molecular complexity index is 1050. The molecule has 1 aliphatic heterocycles. The molecule has 1 aromatic heterocycles. The lowest BCUT2D eigenvalue weighted by Crippen LogP contribution is -2.18. The van der Waals surface area contributed by atoms with Crippen molar-refractivity contribution in [2.75, 3.05) is 18.5 Å². The van der Waals surface area contributed by atoms with E-state index in [9.17, 15) is 4.79 Å². The molecule has 6 heteroatoms. The summed E-state index contributed by atoms with van der Waals surface area (Å²) in [5, 5.41) is 7.42. The van der Waals surface area contributed by atoms with Gasteiger partial charge in [-0.1, -0.05) is 45.0 Å². The van der Waals surface area contributed by atoms with Crippen molar-refractivity contribution in [2.24, 2.45) is 7.05 Å². The molecule has 0 bridgehead atoms. The van der Waals surface area contributed by atoms with Crippen molar-refractivity contribution in [3.05, 3.63) is 59.8 Å². The molecule has 6 nitrogen and oxygen atoms in total. The molecule has 0 radical (unpaired) electrons. The number of benzene rings is 2. The van der Waals surface area contributed by atoms with Crippen LogP contribution >= 0.6 is 0 Å². The van der Waals surface area contributed by atoms with Crippen LogP contribution < -0.4 is 14.8 Å². The highest BCUT2D eigenvalue weighted by atomic mass is 16.6. The summed E-state index contributed by atoms with van der Waals surface area (Å²) in [4.78, 5) is 12.8. The fourth-order valence-corrected chi connectivity index (χ4v) is 3.28. The van der Waals surface area contributed by atoms with Gasteiger partial charge in [-0.25, -0.2) is 0 Å². The van der Waals surface area contributed by atoms with Crippen LogP contribution in [0.25, 0.3) is 11.3 Å². The van der Waals surface area contributed by atoms with Crippen LogP contribution in [0.5, 0.6) is 11.5 Å². The number of hydrogen-bond acceptors (Lipinski definition) is 4. The molecule has 0 atom stereocenters. The number of carbonyl (C=O) groups is 1. The number of ether oxygens (including phenoxy) is 2. The van der Waals surface area contributed by atoms with Crippen LogP contribution in [-0.2, 0) is 12.5 Å². The second-order valence-corrected chi connectivity index (χ2v) is 8.18. The van der Waals surface area contributed by atoms with Crippen molar-refractivity contribution in [3.8, 4) is 22.8 Å². The van der Waals surface area contributed by atoms with Gasteiger partial charge >= 0.3 is 0 Å². The fraction of sp³-hybridized carbons (Fsp3) is 0.304. The molecule has 1 N–H and O–H groups in total. The first-order chi connectivity index (χ1) is 13.8. The van der Waals surface area contributed by atoms with Gasteiger partial charge in [0.2, 0.25) is 0 Å². The highest BCUT2D eigenvalue weighted by Crippen LogP contribution is 2.33. The van der Waals surface area contributed by atoms with Gasteiger partial charge in [0.25, 0.3) is 5.91 Å². The van der Waals surface area contributed by atoms with Crippen molar-refractivity contribution in [2.45, 2.75) is 26.2 Å². The summed E-state index contributed by atoms with van der Waals surface area (Å²) in [6.45, 7) is 7.59. The number of carbonyl (C=O) groups excluding carboxylic acids is 1. The highest BCUT2D eigenvalue weighted by molar-refractivity contribution is 6.03. The van der Waals surface area contributed by atoms with E-state index in [2.05, 4.69) is 43.3 Å². The van der Waals surface area contributed by atoms with Crippen LogP contribution in [0.15, 0.2) is 48.5 Å². The van der Waals surface area contributed by atoms with Gasteiger partial charge in [0, 0.05) is 24.4 Å². The Kier molecular flexibility index (Phi) is 4.78. The Labute approximate surface area is 170 Å². The number of rotatable bonds is 3. The predicted octanol–water partition coefficient (Wildman–Crippen LogP) is 4.41. The molecule has 4 rings (SSSR count). The minimum Gasteiger partial charge on any atom is -0.486 e. The highest BCUT2D eigenvalue weighted by Gasteiger charge is 2.18. The van der Waals surface area contributed by atoms with Crippen LogP contribution in [0.2, 0.25) is 0 Å². The Morgan fingerprint density at radius 3 is 2.38 bits per heavy atom. The third kappa shape index (κ3) is 3.97. The summed E-state index contributed by atoms with van der Waals surface area (Å²) in [5.74, 6) is 1.10. The third-order valence-corrected chi connectivity index (χ3v) is 4.96. The van der Waals surface area contributed by atoms with Gasteiger partial charge in [-0.2, -0.15) is 5.10 Å². The molecule has 150 valence electrons. The van der Waals surface area contributed by atoms with Gasteiger partial charge in [-0.05, 0) is 29.2 Å². The molecular formula is C23H25N3O3. The molecule has 0 spiro atoms. The molecule has 0 saturated heterocycles. The number of aryl methyl sites for hydroxylation is 1. The van der Waals surface area contributed by atoms with E-state index in [-0.39, 0.29) is 11.3 Å². The molecule has 2 heterocycles. The summed E-state index contributed by atoms with van der Waals surface area (Å²) < 4.78 is 12.7. The fourth-order valence-electron chi connectivity index (χ4n) is 3.28. The number of fused-ring (bicyclic) bond motifs is 1. The molecule has 2 aromatic carbocycles. The van der Waals surface area contributed by atoms with E-state index in [1.807, 2.05) is 12.1 Å². The smallest absolute Gasteiger partial charge is 0.273 e. The molecule has 0 aliphatic carbocycles. The maximum absolute atomic E-state index is 12.8. The van der Waals surface area contributed by atoms with Gasteiger partial charge in [0.15, 0.2) is 11.5 Å². The second-order valence-electron chi connectivity index (χ2n) is 8.18. The van der Waals surface area contributed by atoms with Crippen LogP contribution in [-0.4, -0.2) is 28.9 Å². The van der Waals surface area contributed by atoms with Crippen LogP contribution in [0.1, 0.15) is 36.8 Å². The monoisotopic (exact) mass is 391 g/mol. The average molecular weight is 391 g/mol. The Hall–Kier alpha value is -3.28. The lowest BCUT2D eigenvalue weighted by Gasteiger charge is -2.19. The Morgan fingerprint density at radius 2 is 1.69 bits per heavy atom. The molecule has 0 saturated carbocycles. The molecule has 3 aromatic rings. The van der Waals surface area contributed by atoms with Crippen molar-refractivity contribution in [1.29, 1.82) is 0 Å². The molecular weight excluding hydrogens is 366 g/mol. The first-order valence-corrected chi connectivity index (χ1v) is 9.67. The Morgan fingerprint density at radius 1 is 1.00 bits per heavy atom. The minimum absolute atomic E-state index is 0.0946. The maximum atomic E-state index is 12.8. The van der Waals surface area contributed by atoms with Gasteiger partial charge in [0.1, 0.15) is 18.9 Å². The van der Waals surface area contributed by atoms with Crippen molar-refractivity contribution in [3.63, 3.8) is 0 Å². The quantitative estimate of drug-likeness (QED) is 0.718. The van der Waals surface area contributed by atoms with Crippen molar-refractivity contribution >= 4 is 11.6 Å². The number of amides is 1. The van der Waals surface area contributed by atoms with E-state index in [0.29, 0.717) is 36.1 Å². The summed E-state index contributed by atoms with van der Waals surface area (Å²) in [5.41, 5.74) is 4.23. The van der Waals surface area contributed by atoms with E-state index < -0.39 is 0 Å². The van der Waals surface area contributed by atoms with Crippen molar-refractivity contribution in [1.82, 2.24) is 9.78 Å². The average Bonchev–Trinajstić information content (AvgIpc) is 3.09. The number of nitrogens with one attached hydrogen (secondary N) is 1. The third-order valence-electron chi connectivity index (χ3n) is 4.96. The van der Waals surface area contributed by atoms with Gasteiger partial charge < -0.3 is 14.8 Å². The number of hydrogen-bond donors (Lipinski definition) is 1. The number of aromatic nitrogens is 2. The maximum Gasteiger partial charge on any atom is 0.273 e. The SMILES string of the molecule is Cn1nc(-c2ccc(C(C)(C)C)cc2)cc1C(=O)Nc1ccc2c(c1)OCCO2. The van der Waals surface area contributed by atoms with Gasteiger partial charge in [-0.3, -0.25) is 9.48 Å².